The Morgan fingerprint density at radius 2 is 2.10 bits per heavy atom. The standard InChI is InChI=1S/C17H25NO2/c1-11(2)18-12(3)9-13-7-6-8-14(15(13)18)10-17(4,5)16(19)20/h6-8,11-12H,9-10H2,1-5H3,(H,19,20). The number of carboxylic acids is 1. The summed E-state index contributed by atoms with van der Waals surface area (Å²) in [5, 5.41) is 9.36. The molecule has 0 bridgehead atoms. The number of hydrogen-bond acceptors (Lipinski definition) is 2. The topological polar surface area (TPSA) is 40.5 Å². The van der Waals surface area contributed by atoms with Crippen molar-refractivity contribution < 1.29 is 9.90 Å². The van der Waals surface area contributed by atoms with Crippen LogP contribution in [0.3, 0.4) is 0 Å². The summed E-state index contributed by atoms with van der Waals surface area (Å²) in [4.78, 5) is 13.8. The van der Waals surface area contributed by atoms with E-state index >= 15 is 0 Å². The smallest absolute Gasteiger partial charge is 0.309 e. The number of hydrogen-bond donors (Lipinski definition) is 1. The van der Waals surface area contributed by atoms with E-state index in [1.165, 1.54) is 11.3 Å². The van der Waals surface area contributed by atoms with E-state index in [9.17, 15) is 9.90 Å². The van der Waals surface area contributed by atoms with E-state index in [2.05, 4.69) is 43.9 Å². The second-order valence-electron chi connectivity index (χ2n) is 6.84. The van der Waals surface area contributed by atoms with Crippen LogP contribution in [-0.2, 0) is 17.6 Å². The molecule has 2 rings (SSSR count). The van der Waals surface area contributed by atoms with Gasteiger partial charge in [0.15, 0.2) is 0 Å². The first-order chi connectivity index (χ1) is 9.24. The van der Waals surface area contributed by atoms with Crippen LogP contribution >= 0.6 is 0 Å². The minimum absolute atomic E-state index is 0.431. The Bertz CT molecular complexity index is 520. The van der Waals surface area contributed by atoms with Crippen molar-refractivity contribution in [1.29, 1.82) is 0 Å². The summed E-state index contributed by atoms with van der Waals surface area (Å²) in [7, 11) is 0. The van der Waals surface area contributed by atoms with Crippen LogP contribution in [0.1, 0.15) is 45.7 Å². The van der Waals surface area contributed by atoms with Gasteiger partial charge in [0, 0.05) is 17.8 Å². The molecular weight excluding hydrogens is 250 g/mol. The van der Waals surface area contributed by atoms with Gasteiger partial charge in [0.2, 0.25) is 0 Å². The summed E-state index contributed by atoms with van der Waals surface area (Å²) in [5.41, 5.74) is 3.05. The zero-order chi connectivity index (χ0) is 15.1. The molecule has 3 nitrogen and oxygen atoms in total. The predicted molar refractivity (Wildman–Crippen MR) is 82.3 cm³/mol. The van der Waals surface area contributed by atoms with Crippen LogP contribution in [0.4, 0.5) is 5.69 Å². The number of carbonyl (C=O) groups is 1. The molecule has 0 spiro atoms. The molecule has 0 aromatic heterocycles. The first-order valence-corrected chi connectivity index (χ1v) is 7.36. The van der Waals surface area contributed by atoms with Crippen molar-refractivity contribution in [1.82, 2.24) is 0 Å². The molecule has 0 fully saturated rings. The van der Waals surface area contributed by atoms with Crippen molar-refractivity contribution >= 4 is 11.7 Å². The number of anilines is 1. The Morgan fingerprint density at radius 3 is 2.65 bits per heavy atom. The molecule has 0 saturated heterocycles. The van der Waals surface area contributed by atoms with E-state index in [0.717, 1.165) is 12.0 Å². The van der Waals surface area contributed by atoms with E-state index in [1.807, 2.05) is 0 Å². The number of carboxylic acid groups (broad SMARTS) is 1. The Kier molecular flexibility index (Phi) is 3.81. The van der Waals surface area contributed by atoms with Gasteiger partial charge >= 0.3 is 5.97 Å². The molecule has 110 valence electrons. The Morgan fingerprint density at radius 1 is 1.45 bits per heavy atom. The molecule has 0 saturated carbocycles. The molecule has 3 heteroatoms. The minimum Gasteiger partial charge on any atom is -0.481 e. The summed E-state index contributed by atoms with van der Waals surface area (Å²) in [6.45, 7) is 10.2. The van der Waals surface area contributed by atoms with Gasteiger partial charge in [-0.25, -0.2) is 0 Å². The average molecular weight is 275 g/mol. The fourth-order valence-electron chi connectivity index (χ4n) is 3.24. The summed E-state index contributed by atoms with van der Waals surface area (Å²) >= 11 is 0. The van der Waals surface area contributed by atoms with E-state index in [1.54, 1.807) is 13.8 Å². The summed E-state index contributed by atoms with van der Waals surface area (Å²) in [6.07, 6.45) is 1.62. The van der Waals surface area contributed by atoms with Crippen molar-refractivity contribution in [3.05, 3.63) is 29.3 Å². The Balaban J connectivity index is 2.43. The fraction of sp³-hybridized carbons (Fsp3) is 0.588. The zero-order valence-electron chi connectivity index (χ0n) is 13.1. The highest BCUT2D eigenvalue weighted by molar-refractivity contribution is 5.75. The highest BCUT2D eigenvalue weighted by Crippen LogP contribution is 2.39. The molecule has 0 radical (unpaired) electrons. The van der Waals surface area contributed by atoms with Crippen LogP contribution < -0.4 is 4.90 Å². The molecule has 20 heavy (non-hydrogen) atoms. The van der Waals surface area contributed by atoms with Crippen molar-refractivity contribution in [3.8, 4) is 0 Å². The van der Waals surface area contributed by atoms with E-state index < -0.39 is 11.4 Å². The molecule has 0 amide bonds. The third-order valence-corrected chi connectivity index (χ3v) is 4.22. The van der Waals surface area contributed by atoms with E-state index in [-0.39, 0.29) is 0 Å². The number of rotatable bonds is 4. The number of fused-ring (bicyclic) bond motifs is 1. The first-order valence-electron chi connectivity index (χ1n) is 7.36. The van der Waals surface area contributed by atoms with Gasteiger partial charge < -0.3 is 10.0 Å². The van der Waals surface area contributed by atoms with Crippen LogP contribution in [-0.4, -0.2) is 23.2 Å². The third-order valence-electron chi connectivity index (χ3n) is 4.22. The largest absolute Gasteiger partial charge is 0.481 e. The molecule has 1 aromatic carbocycles. The van der Waals surface area contributed by atoms with Crippen molar-refractivity contribution in [2.75, 3.05) is 4.90 Å². The quantitative estimate of drug-likeness (QED) is 0.914. The molecule has 1 heterocycles. The van der Waals surface area contributed by atoms with Gasteiger partial charge in [0.05, 0.1) is 5.41 Å². The van der Waals surface area contributed by atoms with Gasteiger partial charge in [0.1, 0.15) is 0 Å². The minimum atomic E-state index is -0.739. The summed E-state index contributed by atoms with van der Waals surface area (Å²) in [6, 6.07) is 7.23. The van der Waals surface area contributed by atoms with Crippen LogP contribution in [0.5, 0.6) is 0 Å². The first kappa shape index (κ1) is 14.9. The van der Waals surface area contributed by atoms with Gasteiger partial charge in [-0.2, -0.15) is 0 Å². The number of aliphatic carboxylic acids is 1. The molecule has 1 unspecified atom stereocenters. The second-order valence-corrected chi connectivity index (χ2v) is 6.84. The van der Waals surface area contributed by atoms with Gasteiger partial charge in [-0.05, 0) is 58.6 Å². The average Bonchev–Trinajstić information content (AvgIpc) is 2.65. The zero-order valence-corrected chi connectivity index (χ0v) is 13.1. The Labute approximate surface area is 121 Å². The number of benzene rings is 1. The lowest BCUT2D eigenvalue weighted by Crippen LogP contribution is -2.36. The molecule has 1 aliphatic rings. The Hall–Kier alpha value is -1.51. The van der Waals surface area contributed by atoms with Crippen molar-refractivity contribution in [2.24, 2.45) is 5.41 Å². The summed E-state index contributed by atoms with van der Waals surface area (Å²) < 4.78 is 0. The fourth-order valence-corrected chi connectivity index (χ4v) is 3.24. The van der Waals surface area contributed by atoms with Crippen molar-refractivity contribution in [3.63, 3.8) is 0 Å². The van der Waals surface area contributed by atoms with E-state index in [4.69, 9.17) is 0 Å². The lowest BCUT2D eigenvalue weighted by molar-refractivity contribution is -0.146. The number of para-hydroxylation sites is 1. The van der Waals surface area contributed by atoms with Gasteiger partial charge in [-0.3, -0.25) is 4.79 Å². The van der Waals surface area contributed by atoms with E-state index in [0.29, 0.717) is 18.5 Å². The molecule has 1 aromatic rings. The predicted octanol–water partition coefficient (Wildman–Crippen LogP) is 3.50. The highest BCUT2D eigenvalue weighted by Gasteiger charge is 2.34. The van der Waals surface area contributed by atoms with Crippen LogP contribution in [0.2, 0.25) is 0 Å². The third kappa shape index (κ3) is 2.54. The monoisotopic (exact) mass is 275 g/mol. The summed E-state index contributed by atoms with van der Waals surface area (Å²) in [5.74, 6) is -0.739. The van der Waals surface area contributed by atoms with Crippen LogP contribution in [0.15, 0.2) is 18.2 Å². The molecule has 0 aliphatic carbocycles. The maximum atomic E-state index is 11.4. The second kappa shape index (κ2) is 5.12. The maximum Gasteiger partial charge on any atom is 0.309 e. The highest BCUT2D eigenvalue weighted by atomic mass is 16.4. The molecule has 1 aliphatic heterocycles. The molecule has 1 atom stereocenters. The SMILES string of the molecule is CC(C)N1c2c(cccc2CC(C)(C)C(=O)O)CC1C. The molecular formula is C17H25NO2. The van der Waals surface area contributed by atoms with Crippen molar-refractivity contribution in [2.45, 2.75) is 59.5 Å². The molecule has 1 N–H and O–H groups in total. The maximum absolute atomic E-state index is 11.4. The lowest BCUT2D eigenvalue weighted by atomic mass is 9.84. The lowest BCUT2D eigenvalue weighted by Gasteiger charge is -2.32. The number of nitrogens with zero attached hydrogens (tertiary/aromatic N) is 1. The van der Waals surface area contributed by atoms with Gasteiger partial charge in [-0.15, -0.1) is 0 Å². The van der Waals surface area contributed by atoms with Gasteiger partial charge in [0.25, 0.3) is 0 Å². The van der Waals surface area contributed by atoms with Gasteiger partial charge in [-0.1, -0.05) is 18.2 Å². The van der Waals surface area contributed by atoms with Crippen LogP contribution in [0, 0.1) is 5.41 Å². The van der Waals surface area contributed by atoms with Crippen LogP contribution in [0.25, 0.3) is 0 Å². The normalized spacial score (nSPS) is 18.5.